The van der Waals surface area contributed by atoms with Crippen LogP contribution in [0.25, 0.3) is 0 Å². The maximum Gasteiger partial charge on any atom is 0.306 e. The lowest BCUT2D eigenvalue weighted by molar-refractivity contribution is -0.183. The Kier molecular flexibility index (Phi) is 9.32. The molecule has 1 aliphatic heterocycles. The van der Waals surface area contributed by atoms with Crippen molar-refractivity contribution in [2.24, 2.45) is 0 Å². The number of halogens is 2. The average molecular weight is 571 g/mol. The maximum absolute atomic E-state index is 13.8. The minimum absolute atomic E-state index is 0.113. The molecule has 0 spiro atoms. The number of carbonyl (C=O) groups excluding carboxylic acids is 1. The Morgan fingerprint density at radius 3 is 2.27 bits per heavy atom. The number of sulfone groups is 1. The van der Waals surface area contributed by atoms with E-state index in [0.717, 1.165) is 5.56 Å². The Balaban J connectivity index is 2.14. The van der Waals surface area contributed by atoms with E-state index in [9.17, 15) is 23.1 Å². The van der Waals surface area contributed by atoms with Gasteiger partial charge in [-0.15, -0.1) is 0 Å². The summed E-state index contributed by atoms with van der Waals surface area (Å²) in [6.45, 7) is 6.84. The molecule has 37 heavy (non-hydrogen) atoms. The molecular weight excluding hydrogens is 537 g/mol. The number of ether oxygens (including phenoxy) is 1. The molecule has 1 N–H and O–H groups in total. The summed E-state index contributed by atoms with van der Waals surface area (Å²) in [6, 6.07) is 12.9. The Hall–Kier alpha value is -2.13. The van der Waals surface area contributed by atoms with E-state index in [0.29, 0.717) is 22.0 Å². The normalized spacial score (nSPS) is 21.6. The number of hydrogen-bond donors (Lipinski definition) is 1. The molecule has 4 unspecified atom stereocenters. The van der Waals surface area contributed by atoms with Gasteiger partial charge < -0.3 is 14.7 Å². The molecule has 2 aromatic carbocycles. The Morgan fingerprint density at radius 1 is 1.08 bits per heavy atom. The van der Waals surface area contributed by atoms with Crippen LogP contribution in [0.5, 0.6) is 0 Å². The number of benzene rings is 2. The molecule has 2 aromatic rings. The van der Waals surface area contributed by atoms with Crippen molar-refractivity contribution >= 4 is 44.9 Å². The van der Waals surface area contributed by atoms with Crippen molar-refractivity contribution in [1.82, 2.24) is 4.90 Å². The van der Waals surface area contributed by atoms with Gasteiger partial charge in [-0.05, 0) is 69.0 Å². The molecule has 1 saturated heterocycles. The molecule has 0 radical (unpaired) electrons. The summed E-state index contributed by atoms with van der Waals surface area (Å²) in [6.07, 6.45) is -1.82. The van der Waals surface area contributed by atoms with Gasteiger partial charge in [-0.1, -0.05) is 54.4 Å². The van der Waals surface area contributed by atoms with E-state index < -0.39 is 57.2 Å². The first-order valence-electron chi connectivity index (χ1n) is 12.2. The molecule has 3 rings (SSSR count). The summed E-state index contributed by atoms with van der Waals surface area (Å²) in [5.41, 5.74) is 1.41. The van der Waals surface area contributed by atoms with Gasteiger partial charge in [0.25, 0.3) is 5.91 Å². The third kappa shape index (κ3) is 6.85. The van der Waals surface area contributed by atoms with E-state index in [1.165, 1.54) is 0 Å². The van der Waals surface area contributed by atoms with Crippen LogP contribution in [-0.2, 0) is 24.2 Å². The van der Waals surface area contributed by atoms with Crippen LogP contribution in [-0.4, -0.2) is 52.9 Å². The third-order valence-electron chi connectivity index (χ3n) is 6.69. The van der Waals surface area contributed by atoms with Gasteiger partial charge in [0.05, 0.1) is 23.0 Å². The minimum Gasteiger partial charge on any atom is -0.481 e. The summed E-state index contributed by atoms with van der Waals surface area (Å²) in [5, 5.41) is 10.5. The van der Waals surface area contributed by atoms with E-state index in [1.54, 1.807) is 68.1 Å². The van der Waals surface area contributed by atoms with Gasteiger partial charge in [-0.3, -0.25) is 9.59 Å². The number of nitrogens with zero attached hydrogens (tertiary/aromatic N) is 1. The van der Waals surface area contributed by atoms with E-state index in [1.807, 2.05) is 13.0 Å². The van der Waals surface area contributed by atoms with Crippen LogP contribution in [0.2, 0.25) is 10.0 Å². The fourth-order valence-electron chi connectivity index (χ4n) is 4.54. The van der Waals surface area contributed by atoms with Gasteiger partial charge >= 0.3 is 5.97 Å². The number of carboxylic acids is 1. The molecular formula is C27H33Cl2NO6S. The summed E-state index contributed by atoms with van der Waals surface area (Å²) < 4.78 is 31.1. The molecule has 1 aliphatic rings. The molecule has 1 fully saturated rings. The SMILES string of the molecule is CCC(CCS(=O)(=O)C(C)(C)C)N1C(=O)C(CC(=O)O)OC(c2cccc(Cl)c2)C1c1ccc(Cl)cc1. The van der Waals surface area contributed by atoms with Gasteiger partial charge in [0.1, 0.15) is 12.2 Å². The van der Waals surface area contributed by atoms with Crippen molar-refractivity contribution in [2.45, 2.75) is 76.0 Å². The minimum atomic E-state index is -3.45. The number of aliphatic carboxylic acids is 1. The fourth-order valence-corrected chi connectivity index (χ4v) is 6.06. The molecule has 10 heteroatoms. The molecule has 1 amide bonds. The van der Waals surface area contributed by atoms with Crippen molar-refractivity contribution in [3.05, 3.63) is 69.7 Å². The Labute approximate surface area is 228 Å². The van der Waals surface area contributed by atoms with Crippen molar-refractivity contribution < 1.29 is 27.9 Å². The van der Waals surface area contributed by atoms with Crippen LogP contribution in [0.1, 0.15) is 70.2 Å². The lowest BCUT2D eigenvalue weighted by atomic mass is 9.89. The van der Waals surface area contributed by atoms with Crippen molar-refractivity contribution in [3.8, 4) is 0 Å². The number of hydrogen-bond acceptors (Lipinski definition) is 5. The standard InChI is InChI=1S/C27H33Cl2NO6S/c1-5-21(13-14-37(34,35)27(2,3)4)30-24(17-9-11-19(28)12-10-17)25(18-7-6-8-20(29)15-18)36-22(26(30)33)16-23(31)32/h6-12,15,21-22,24-25H,5,13-14,16H2,1-4H3,(H,31,32). The van der Waals surface area contributed by atoms with E-state index in [2.05, 4.69) is 0 Å². The zero-order valence-corrected chi connectivity index (χ0v) is 23.7. The lowest BCUT2D eigenvalue weighted by Crippen LogP contribution is -2.55. The first kappa shape index (κ1) is 29.4. The zero-order valence-electron chi connectivity index (χ0n) is 21.4. The van der Waals surface area contributed by atoms with Crippen LogP contribution in [0.15, 0.2) is 48.5 Å². The average Bonchev–Trinajstić information content (AvgIpc) is 2.81. The summed E-state index contributed by atoms with van der Waals surface area (Å²) >= 11 is 12.4. The largest absolute Gasteiger partial charge is 0.481 e. The van der Waals surface area contributed by atoms with E-state index in [4.69, 9.17) is 27.9 Å². The van der Waals surface area contributed by atoms with Crippen LogP contribution < -0.4 is 0 Å². The quantitative estimate of drug-likeness (QED) is 0.405. The molecule has 0 aliphatic carbocycles. The number of rotatable bonds is 9. The predicted octanol–water partition coefficient (Wildman–Crippen LogP) is 5.86. The summed E-state index contributed by atoms with van der Waals surface area (Å²) in [4.78, 5) is 27.1. The topological polar surface area (TPSA) is 101 Å². The van der Waals surface area contributed by atoms with Crippen molar-refractivity contribution in [2.75, 3.05) is 5.75 Å². The zero-order chi connectivity index (χ0) is 27.5. The van der Waals surface area contributed by atoms with Gasteiger partial charge in [0.2, 0.25) is 0 Å². The molecule has 4 atom stereocenters. The highest BCUT2D eigenvalue weighted by Gasteiger charge is 2.47. The molecule has 7 nitrogen and oxygen atoms in total. The van der Waals surface area contributed by atoms with E-state index >= 15 is 0 Å². The number of carboxylic acid groups (broad SMARTS) is 1. The molecule has 202 valence electrons. The number of carbonyl (C=O) groups is 2. The van der Waals surface area contributed by atoms with Crippen molar-refractivity contribution in [1.29, 1.82) is 0 Å². The van der Waals surface area contributed by atoms with Gasteiger partial charge in [-0.25, -0.2) is 8.42 Å². The molecule has 0 saturated carbocycles. The van der Waals surface area contributed by atoms with Crippen LogP contribution >= 0.6 is 23.2 Å². The fraction of sp³-hybridized carbons (Fsp3) is 0.481. The monoisotopic (exact) mass is 569 g/mol. The second-order valence-corrected chi connectivity index (χ2v) is 14.0. The molecule has 1 heterocycles. The lowest BCUT2D eigenvalue weighted by Gasteiger charge is -2.48. The van der Waals surface area contributed by atoms with Gasteiger partial charge in [0.15, 0.2) is 9.84 Å². The van der Waals surface area contributed by atoms with Crippen LogP contribution in [0.3, 0.4) is 0 Å². The predicted molar refractivity (Wildman–Crippen MR) is 145 cm³/mol. The maximum atomic E-state index is 13.8. The summed E-state index contributed by atoms with van der Waals surface area (Å²) in [7, 11) is -3.45. The van der Waals surface area contributed by atoms with Gasteiger partial charge in [0, 0.05) is 16.1 Å². The van der Waals surface area contributed by atoms with Crippen LogP contribution in [0.4, 0.5) is 0 Å². The van der Waals surface area contributed by atoms with E-state index in [-0.39, 0.29) is 12.2 Å². The van der Waals surface area contributed by atoms with Crippen molar-refractivity contribution in [3.63, 3.8) is 0 Å². The highest BCUT2D eigenvalue weighted by Crippen LogP contribution is 2.45. The number of amides is 1. The second-order valence-electron chi connectivity index (χ2n) is 10.2. The second kappa shape index (κ2) is 11.7. The smallest absolute Gasteiger partial charge is 0.306 e. The third-order valence-corrected chi connectivity index (χ3v) is 9.82. The molecule has 0 aromatic heterocycles. The molecule has 0 bridgehead atoms. The Bertz CT molecular complexity index is 1230. The summed E-state index contributed by atoms with van der Waals surface area (Å²) in [5.74, 6) is -1.77. The first-order chi connectivity index (χ1) is 17.2. The highest BCUT2D eigenvalue weighted by atomic mass is 35.5. The first-order valence-corrected chi connectivity index (χ1v) is 14.6. The number of morpholine rings is 1. The Morgan fingerprint density at radius 2 is 1.73 bits per heavy atom. The van der Waals surface area contributed by atoms with Gasteiger partial charge in [-0.2, -0.15) is 0 Å². The highest BCUT2D eigenvalue weighted by molar-refractivity contribution is 7.92. The van der Waals surface area contributed by atoms with Crippen LogP contribution in [0, 0.1) is 0 Å².